The summed E-state index contributed by atoms with van der Waals surface area (Å²) >= 11 is 0. The second kappa shape index (κ2) is 6.73. The molecule has 18 heavy (non-hydrogen) atoms. The molecule has 1 heterocycles. The summed E-state index contributed by atoms with van der Waals surface area (Å²) in [5.41, 5.74) is 7.40. The molecule has 1 aliphatic heterocycles. The van der Waals surface area contributed by atoms with Crippen LogP contribution < -0.4 is 10.5 Å². The van der Waals surface area contributed by atoms with E-state index in [2.05, 4.69) is 4.90 Å². The average molecular weight is 250 g/mol. The van der Waals surface area contributed by atoms with E-state index in [1.165, 1.54) is 0 Å². The number of benzene rings is 1. The molecule has 1 aliphatic rings. The molecular formula is C14H22N2O2. The molecule has 0 amide bonds. The zero-order valence-electron chi connectivity index (χ0n) is 11.0. The van der Waals surface area contributed by atoms with E-state index in [0.717, 1.165) is 50.6 Å². The summed E-state index contributed by atoms with van der Waals surface area (Å²) in [6.07, 6.45) is 1.09. The van der Waals surface area contributed by atoms with Gasteiger partial charge in [-0.25, -0.2) is 0 Å². The number of rotatable bonds is 4. The van der Waals surface area contributed by atoms with Gasteiger partial charge in [-0.15, -0.1) is 0 Å². The van der Waals surface area contributed by atoms with E-state index < -0.39 is 0 Å². The third-order valence-electron chi connectivity index (χ3n) is 3.31. The van der Waals surface area contributed by atoms with Crippen LogP contribution in [0.5, 0.6) is 5.75 Å². The van der Waals surface area contributed by atoms with Gasteiger partial charge in [-0.05, 0) is 24.1 Å². The van der Waals surface area contributed by atoms with Gasteiger partial charge < -0.3 is 15.2 Å². The Balaban J connectivity index is 1.90. The van der Waals surface area contributed by atoms with Gasteiger partial charge in [0.1, 0.15) is 5.75 Å². The molecular weight excluding hydrogens is 228 g/mol. The lowest BCUT2D eigenvalue weighted by atomic mass is 10.1. The second-order valence-electron chi connectivity index (χ2n) is 4.65. The van der Waals surface area contributed by atoms with Gasteiger partial charge in [-0.3, -0.25) is 4.90 Å². The molecule has 1 saturated heterocycles. The first-order valence-corrected chi connectivity index (χ1v) is 6.49. The maximum atomic E-state index is 6.25. The Morgan fingerprint density at radius 3 is 2.78 bits per heavy atom. The SMILES string of the molecule is COc1ccc(C(N)CN2CCCOCC2)cc1. The molecule has 2 rings (SSSR count). The molecule has 4 nitrogen and oxygen atoms in total. The summed E-state index contributed by atoms with van der Waals surface area (Å²) in [6, 6.07) is 8.05. The molecule has 0 spiro atoms. The molecule has 1 fully saturated rings. The molecule has 2 N–H and O–H groups in total. The van der Waals surface area contributed by atoms with Crippen LogP contribution in [0.15, 0.2) is 24.3 Å². The highest BCUT2D eigenvalue weighted by molar-refractivity contribution is 5.29. The van der Waals surface area contributed by atoms with Gasteiger partial charge in [0.05, 0.1) is 13.7 Å². The topological polar surface area (TPSA) is 47.7 Å². The zero-order valence-corrected chi connectivity index (χ0v) is 11.0. The van der Waals surface area contributed by atoms with E-state index in [-0.39, 0.29) is 6.04 Å². The Bertz CT molecular complexity index is 345. The fourth-order valence-electron chi connectivity index (χ4n) is 2.21. The van der Waals surface area contributed by atoms with Crippen LogP contribution in [-0.4, -0.2) is 44.9 Å². The van der Waals surface area contributed by atoms with Gasteiger partial charge in [-0.2, -0.15) is 0 Å². The number of nitrogens with zero attached hydrogens (tertiary/aromatic N) is 1. The molecule has 0 aliphatic carbocycles. The van der Waals surface area contributed by atoms with E-state index in [0.29, 0.717) is 0 Å². The molecule has 1 aromatic rings. The van der Waals surface area contributed by atoms with Crippen LogP contribution >= 0.6 is 0 Å². The fraction of sp³-hybridized carbons (Fsp3) is 0.571. The maximum Gasteiger partial charge on any atom is 0.118 e. The number of methoxy groups -OCH3 is 1. The number of hydrogen-bond acceptors (Lipinski definition) is 4. The number of hydrogen-bond donors (Lipinski definition) is 1. The molecule has 4 heteroatoms. The largest absolute Gasteiger partial charge is 0.497 e. The van der Waals surface area contributed by atoms with Gasteiger partial charge in [0, 0.05) is 32.3 Å². The fourth-order valence-corrected chi connectivity index (χ4v) is 2.21. The third kappa shape index (κ3) is 3.70. The minimum atomic E-state index is 0.0500. The predicted molar refractivity (Wildman–Crippen MR) is 71.8 cm³/mol. The van der Waals surface area contributed by atoms with E-state index in [1.807, 2.05) is 24.3 Å². The molecule has 0 aromatic heterocycles. The van der Waals surface area contributed by atoms with Crippen molar-refractivity contribution in [3.63, 3.8) is 0 Å². The highest BCUT2D eigenvalue weighted by atomic mass is 16.5. The summed E-state index contributed by atoms with van der Waals surface area (Å²) in [5, 5.41) is 0. The maximum absolute atomic E-state index is 6.25. The van der Waals surface area contributed by atoms with E-state index in [4.69, 9.17) is 15.2 Å². The molecule has 0 saturated carbocycles. The first-order valence-electron chi connectivity index (χ1n) is 6.49. The Labute approximate surface area is 109 Å². The van der Waals surface area contributed by atoms with Crippen LogP contribution in [0, 0.1) is 0 Å². The highest BCUT2D eigenvalue weighted by Gasteiger charge is 2.14. The van der Waals surface area contributed by atoms with Gasteiger partial charge >= 0.3 is 0 Å². The van der Waals surface area contributed by atoms with E-state index in [9.17, 15) is 0 Å². The van der Waals surface area contributed by atoms with Crippen LogP contribution in [0.2, 0.25) is 0 Å². The summed E-state index contributed by atoms with van der Waals surface area (Å²) in [7, 11) is 1.67. The first-order chi connectivity index (χ1) is 8.79. The molecule has 1 unspecified atom stereocenters. The Kier molecular flexibility index (Phi) is 4.99. The highest BCUT2D eigenvalue weighted by Crippen LogP contribution is 2.17. The van der Waals surface area contributed by atoms with Crippen molar-refractivity contribution in [1.82, 2.24) is 4.90 Å². The minimum absolute atomic E-state index is 0.0500. The lowest BCUT2D eigenvalue weighted by molar-refractivity contribution is 0.140. The van der Waals surface area contributed by atoms with Gasteiger partial charge in [-0.1, -0.05) is 12.1 Å². The average Bonchev–Trinajstić information content (AvgIpc) is 2.67. The minimum Gasteiger partial charge on any atom is -0.497 e. The number of nitrogens with two attached hydrogens (primary N) is 1. The van der Waals surface area contributed by atoms with Crippen LogP contribution in [0.4, 0.5) is 0 Å². The molecule has 100 valence electrons. The molecule has 0 bridgehead atoms. The smallest absolute Gasteiger partial charge is 0.118 e. The van der Waals surface area contributed by atoms with Gasteiger partial charge in [0.2, 0.25) is 0 Å². The van der Waals surface area contributed by atoms with Crippen LogP contribution in [-0.2, 0) is 4.74 Å². The monoisotopic (exact) mass is 250 g/mol. The van der Waals surface area contributed by atoms with Crippen molar-refractivity contribution in [3.8, 4) is 5.75 Å². The quantitative estimate of drug-likeness (QED) is 0.878. The third-order valence-corrected chi connectivity index (χ3v) is 3.31. The van der Waals surface area contributed by atoms with Crippen LogP contribution in [0.25, 0.3) is 0 Å². The summed E-state index contributed by atoms with van der Waals surface area (Å²) < 4.78 is 10.6. The summed E-state index contributed by atoms with van der Waals surface area (Å²) in [4.78, 5) is 2.38. The van der Waals surface area contributed by atoms with Crippen molar-refractivity contribution in [2.24, 2.45) is 5.73 Å². The molecule has 0 radical (unpaired) electrons. The van der Waals surface area contributed by atoms with Crippen molar-refractivity contribution >= 4 is 0 Å². The van der Waals surface area contributed by atoms with E-state index in [1.54, 1.807) is 7.11 Å². The predicted octanol–water partition coefficient (Wildman–Crippen LogP) is 1.42. The lowest BCUT2D eigenvalue weighted by Crippen LogP contribution is -2.34. The Morgan fingerprint density at radius 2 is 2.06 bits per heavy atom. The second-order valence-corrected chi connectivity index (χ2v) is 4.65. The van der Waals surface area contributed by atoms with Crippen molar-refractivity contribution in [3.05, 3.63) is 29.8 Å². The summed E-state index contributed by atoms with van der Waals surface area (Å²) in [6.45, 7) is 4.62. The Morgan fingerprint density at radius 1 is 1.28 bits per heavy atom. The molecule has 1 atom stereocenters. The van der Waals surface area contributed by atoms with E-state index >= 15 is 0 Å². The van der Waals surface area contributed by atoms with Crippen LogP contribution in [0.1, 0.15) is 18.0 Å². The normalized spacial score (nSPS) is 19.2. The van der Waals surface area contributed by atoms with Crippen molar-refractivity contribution in [1.29, 1.82) is 0 Å². The number of ether oxygens (including phenoxy) is 2. The Hall–Kier alpha value is -1.10. The van der Waals surface area contributed by atoms with Crippen molar-refractivity contribution in [2.45, 2.75) is 12.5 Å². The van der Waals surface area contributed by atoms with Crippen molar-refractivity contribution < 1.29 is 9.47 Å². The van der Waals surface area contributed by atoms with Crippen LogP contribution in [0.3, 0.4) is 0 Å². The zero-order chi connectivity index (χ0) is 12.8. The van der Waals surface area contributed by atoms with Crippen molar-refractivity contribution in [2.75, 3.05) is 40.0 Å². The first kappa shape index (κ1) is 13.3. The standard InChI is InChI=1S/C14H22N2O2/c1-17-13-5-3-12(4-6-13)14(15)11-16-7-2-9-18-10-8-16/h3-6,14H,2,7-11,15H2,1H3. The lowest BCUT2D eigenvalue weighted by Gasteiger charge is -2.23. The van der Waals surface area contributed by atoms with Gasteiger partial charge in [0.15, 0.2) is 0 Å². The van der Waals surface area contributed by atoms with Gasteiger partial charge in [0.25, 0.3) is 0 Å². The molecule has 1 aromatic carbocycles. The summed E-state index contributed by atoms with van der Waals surface area (Å²) in [5.74, 6) is 0.870.